The third-order valence-corrected chi connectivity index (χ3v) is 3.11. The molecule has 5 heteroatoms. The molecule has 0 aromatic rings. The van der Waals surface area contributed by atoms with Crippen LogP contribution in [0.3, 0.4) is 0 Å². The Kier molecular flexibility index (Phi) is 3.80. The van der Waals surface area contributed by atoms with Crippen LogP contribution in [-0.4, -0.2) is 44.8 Å². The molecule has 0 radical (unpaired) electrons. The highest BCUT2D eigenvalue weighted by Gasteiger charge is 2.18. The van der Waals surface area contributed by atoms with Crippen molar-refractivity contribution in [1.29, 1.82) is 0 Å². The lowest BCUT2D eigenvalue weighted by molar-refractivity contribution is 0.236. The van der Waals surface area contributed by atoms with E-state index in [1.165, 1.54) is 6.42 Å². The molecule has 0 aromatic carbocycles. The number of nitrogens with one attached hydrogen (secondary N) is 4. The van der Waals surface area contributed by atoms with Crippen LogP contribution < -0.4 is 21.3 Å². The van der Waals surface area contributed by atoms with Gasteiger partial charge >= 0.3 is 6.03 Å². The number of carbonyl (C=O) groups excluding carboxylic acids is 1. The van der Waals surface area contributed by atoms with Gasteiger partial charge in [0.05, 0.1) is 0 Å². The van der Waals surface area contributed by atoms with Crippen molar-refractivity contribution in [1.82, 2.24) is 21.3 Å². The maximum Gasteiger partial charge on any atom is 0.315 e. The third-order valence-electron chi connectivity index (χ3n) is 3.11. The molecular formula is C10H20N4O. The highest BCUT2D eigenvalue weighted by molar-refractivity contribution is 5.74. The van der Waals surface area contributed by atoms with Crippen molar-refractivity contribution < 1.29 is 4.79 Å². The zero-order valence-electron chi connectivity index (χ0n) is 9.01. The van der Waals surface area contributed by atoms with Gasteiger partial charge < -0.3 is 21.3 Å². The van der Waals surface area contributed by atoms with E-state index in [4.69, 9.17) is 0 Å². The molecule has 2 atom stereocenters. The molecule has 0 saturated carbocycles. The van der Waals surface area contributed by atoms with Gasteiger partial charge in [0.1, 0.15) is 0 Å². The van der Waals surface area contributed by atoms with Crippen molar-refractivity contribution in [3.8, 4) is 0 Å². The number of hydrogen-bond acceptors (Lipinski definition) is 3. The minimum absolute atomic E-state index is 0.0180. The Labute approximate surface area is 90.4 Å². The summed E-state index contributed by atoms with van der Waals surface area (Å²) in [6.45, 7) is 4.82. The Hall–Kier alpha value is -0.810. The van der Waals surface area contributed by atoms with Gasteiger partial charge in [-0.25, -0.2) is 4.79 Å². The smallest absolute Gasteiger partial charge is 0.315 e. The van der Waals surface area contributed by atoms with Crippen LogP contribution in [0.4, 0.5) is 4.79 Å². The number of amides is 2. The molecule has 0 aliphatic carbocycles. The lowest BCUT2D eigenvalue weighted by atomic mass is 10.1. The van der Waals surface area contributed by atoms with Gasteiger partial charge in [-0.15, -0.1) is 0 Å². The molecule has 5 nitrogen and oxygen atoms in total. The Morgan fingerprint density at radius 3 is 2.67 bits per heavy atom. The van der Waals surface area contributed by atoms with Crippen molar-refractivity contribution in [2.24, 2.45) is 5.92 Å². The standard InChI is InChI=1S/C10H20N4O/c15-10(14-9-2-4-12-7-9)13-6-8-1-3-11-5-8/h8-9,11-12H,1-7H2,(H2,13,14,15). The molecule has 0 bridgehead atoms. The van der Waals surface area contributed by atoms with Gasteiger partial charge in [-0.3, -0.25) is 0 Å². The number of carbonyl (C=O) groups is 1. The van der Waals surface area contributed by atoms with E-state index < -0.39 is 0 Å². The summed E-state index contributed by atoms with van der Waals surface area (Å²) >= 11 is 0. The van der Waals surface area contributed by atoms with Crippen molar-refractivity contribution in [3.05, 3.63) is 0 Å². The minimum atomic E-state index is -0.0180. The lowest BCUT2D eigenvalue weighted by Crippen LogP contribution is -2.44. The van der Waals surface area contributed by atoms with Crippen LogP contribution in [0.1, 0.15) is 12.8 Å². The van der Waals surface area contributed by atoms with Crippen LogP contribution >= 0.6 is 0 Å². The van der Waals surface area contributed by atoms with E-state index in [9.17, 15) is 4.79 Å². The first-order chi connectivity index (χ1) is 7.34. The minimum Gasteiger partial charge on any atom is -0.338 e. The van der Waals surface area contributed by atoms with Crippen LogP contribution in [0, 0.1) is 5.92 Å². The first-order valence-corrected chi connectivity index (χ1v) is 5.80. The normalized spacial score (nSPS) is 30.4. The van der Waals surface area contributed by atoms with Crippen LogP contribution in [0.2, 0.25) is 0 Å². The second-order valence-electron chi connectivity index (χ2n) is 4.40. The maximum absolute atomic E-state index is 11.5. The fraction of sp³-hybridized carbons (Fsp3) is 0.900. The van der Waals surface area contributed by atoms with E-state index in [1.807, 2.05) is 0 Å². The van der Waals surface area contributed by atoms with E-state index in [0.29, 0.717) is 12.0 Å². The summed E-state index contributed by atoms with van der Waals surface area (Å²) in [7, 11) is 0. The second-order valence-corrected chi connectivity index (χ2v) is 4.40. The number of urea groups is 1. The molecule has 2 aliphatic heterocycles. The SMILES string of the molecule is O=C(NCC1CCNC1)NC1CCNC1. The van der Waals surface area contributed by atoms with Crippen LogP contribution in [0.25, 0.3) is 0 Å². The number of hydrogen-bond donors (Lipinski definition) is 4. The summed E-state index contributed by atoms with van der Waals surface area (Å²) < 4.78 is 0. The van der Waals surface area contributed by atoms with E-state index in [0.717, 1.165) is 39.1 Å². The molecular weight excluding hydrogens is 192 g/mol. The van der Waals surface area contributed by atoms with Gasteiger partial charge in [0, 0.05) is 19.1 Å². The second kappa shape index (κ2) is 5.32. The lowest BCUT2D eigenvalue weighted by Gasteiger charge is -2.14. The van der Waals surface area contributed by atoms with Crippen molar-refractivity contribution in [3.63, 3.8) is 0 Å². The van der Waals surface area contributed by atoms with Crippen LogP contribution in [0.15, 0.2) is 0 Å². The molecule has 2 heterocycles. The first-order valence-electron chi connectivity index (χ1n) is 5.80. The van der Waals surface area contributed by atoms with Crippen molar-refractivity contribution >= 4 is 6.03 Å². The summed E-state index contributed by atoms with van der Waals surface area (Å²) in [4.78, 5) is 11.5. The van der Waals surface area contributed by atoms with Crippen LogP contribution in [-0.2, 0) is 0 Å². The maximum atomic E-state index is 11.5. The summed E-state index contributed by atoms with van der Waals surface area (Å²) in [6.07, 6.45) is 2.21. The van der Waals surface area contributed by atoms with Gasteiger partial charge in [-0.1, -0.05) is 0 Å². The average molecular weight is 212 g/mol. The van der Waals surface area contributed by atoms with Gasteiger partial charge in [0.2, 0.25) is 0 Å². The Morgan fingerprint density at radius 1 is 1.20 bits per heavy atom. The quantitative estimate of drug-likeness (QED) is 0.498. The Morgan fingerprint density at radius 2 is 2.00 bits per heavy atom. The average Bonchev–Trinajstić information content (AvgIpc) is 2.86. The summed E-state index contributed by atoms with van der Waals surface area (Å²) in [5, 5.41) is 12.4. The van der Waals surface area contributed by atoms with Gasteiger partial charge in [-0.05, 0) is 38.4 Å². The molecule has 15 heavy (non-hydrogen) atoms. The molecule has 2 saturated heterocycles. The Bertz CT molecular complexity index is 209. The highest BCUT2D eigenvalue weighted by atomic mass is 16.2. The Balaban J connectivity index is 1.59. The fourth-order valence-electron chi connectivity index (χ4n) is 2.14. The summed E-state index contributed by atoms with van der Waals surface area (Å²) in [5.41, 5.74) is 0. The predicted molar refractivity (Wildman–Crippen MR) is 58.8 cm³/mol. The number of rotatable bonds is 3. The van der Waals surface area contributed by atoms with E-state index in [1.54, 1.807) is 0 Å². The van der Waals surface area contributed by atoms with Crippen molar-refractivity contribution in [2.45, 2.75) is 18.9 Å². The predicted octanol–water partition coefficient (Wildman–Crippen LogP) is -0.743. The zero-order chi connectivity index (χ0) is 10.5. The first kappa shape index (κ1) is 10.7. The van der Waals surface area contributed by atoms with Crippen molar-refractivity contribution in [2.75, 3.05) is 32.7 Å². The zero-order valence-corrected chi connectivity index (χ0v) is 9.01. The largest absolute Gasteiger partial charge is 0.338 e. The van der Waals surface area contributed by atoms with E-state index >= 15 is 0 Å². The van der Waals surface area contributed by atoms with E-state index in [-0.39, 0.29) is 6.03 Å². The van der Waals surface area contributed by atoms with E-state index in [2.05, 4.69) is 21.3 Å². The molecule has 0 aromatic heterocycles. The highest BCUT2D eigenvalue weighted by Crippen LogP contribution is 2.05. The van der Waals surface area contributed by atoms with Gasteiger partial charge in [0.25, 0.3) is 0 Å². The fourth-order valence-corrected chi connectivity index (χ4v) is 2.14. The summed E-state index contributed by atoms with van der Waals surface area (Å²) in [6, 6.07) is 0.294. The molecule has 86 valence electrons. The molecule has 0 spiro atoms. The van der Waals surface area contributed by atoms with Gasteiger partial charge in [-0.2, -0.15) is 0 Å². The molecule has 2 aliphatic rings. The molecule has 2 unspecified atom stereocenters. The third kappa shape index (κ3) is 3.35. The molecule has 2 rings (SSSR count). The topological polar surface area (TPSA) is 65.2 Å². The summed E-state index contributed by atoms with van der Waals surface area (Å²) in [5.74, 6) is 0.609. The van der Waals surface area contributed by atoms with Gasteiger partial charge in [0.15, 0.2) is 0 Å². The van der Waals surface area contributed by atoms with Crippen LogP contribution in [0.5, 0.6) is 0 Å². The molecule has 2 amide bonds. The monoisotopic (exact) mass is 212 g/mol. The molecule has 4 N–H and O–H groups in total. The molecule has 2 fully saturated rings.